The molecule has 0 aliphatic carbocycles. The third-order valence-corrected chi connectivity index (χ3v) is 4.82. The minimum Gasteiger partial charge on any atom is -0.367 e. The molecule has 6 heteroatoms. The molecule has 1 atom stereocenters. The molecule has 1 N–H and O–H groups in total. The quantitative estimate of drug-likeness (QED) is 0.861. The molecular weight excluding hydrogens is 326 g/mol. The molecule has 0 saturated carbocycles. The maximum atomic E-state index is 11.8. The Bertz CT molecular complexity index is 762. The summed E-state index contributed by atoms with van der Waals surface area (Å²) in [4.78, 5) is 27.3. The Morgan fingerprint density at radius 3 is 2.77 bits per heavy atom. The smallest absolute Gasteiger partial charge is 0.219 e. The third-order valence-electron chi connectivity index (χ3n) is 4.82. The molecule has 26 heavy (non-hydrogen) atoms. The van der Waals surface area contributed by atoms with Crippen LogP contribution >= 0.6 is 0 Å². The fraction of sp³-hybridized carbons (Fsp3) is 0.500. The van der Waals surface area contributed by atoms with Crippen molar-refractivity contribution in [1.29, 1.82) is 0 Å². The first kappa shape index (κ1) is 18.3. The number of anilines is 1. The first-order valence-electron chi connectivity index (χ1n) is 9.40. The highest BCUT2D eigenvalue weighted by molar-refractivity contribution is 5.74. The van der Waals surface area contributed by atoms with Crippen molar-refractivity contribution in [2.75, 3.05) is 11.9 Å². The molecule has 0 saturated heterocycles. The van der Waals surface area contributed by atoms with Crippen LogP contribution in [-0.2, 0) is 17.8 Å². The molecule has 0 fully saturated rings. The van der Waals surface area contributed by atoms with Crippen molar-refractivity contribution in [1.82, 2.24) is 19.9 Å². The monoisotopic (exact) mass is 353 g/mol. The Morgan fingerprint density at radius 2 is 2.08 bits per heavy atom. The first-order chi connectivity index (χ1) is 12.6. The molecule has 0 aromatic carbocycles. The van der Waals surface area contributed by atoms with Crippen molar-refractivity contribution >= 4 is 11.7 Å². The van der Waals surface area contributed by atoms with Gasteiger partial charge in [-0.05, 0) is 31.9 Å². The number of hydrogen-bond acceptors (Lipinski definition) is 5. The molecule has 3 heterocycles. The van der Waals surface area contributed by atoms with E-state index < -0.39 is 0 Å². The Hall–Kier alpha value is -2.50. The van der Waals surface area contributed by atoms with E-state index in [4.69, 9.17) is 9.97 Å². The zero-order chi connectivity index (χ0) is 18.5. The largest absolute Gasteiger partial charge is 0.367 e. The van der Waals surface area contributed by atoms with Crippen LogP contribution < -0.4 is 5.32 Å². The van der Waals surface area contributed by atoms with Crippen LogP contribution in [0.4, 0.5) is 5.82 Å². The van der Waals surface area contributed by atoms with Gasteiger partial charge in [0.25, 0.3) is 0 Å². The number of nitrogens with zero attached hydrogens (tertiary/aromatic N) is 4. The number of carbonyl (C=O) groups excluding carboxylic acids is 1. The summed E-state index contributed by atoms with van der Waals surface area (Å²) in [5.74, 6) is 1.68. The van der Waals surface area contributed by atoms with Gasteiger partial charge in [0.1, 0.15) is 5.82 Å². The molecule has 138 valence electrons. The summed E-state index contributed by atoms with van der Waals surface area (Å²) in [6.45, 7) is 7.28. The van der Waals surface area contributed by atoms with Crippen molar-refractivity contribution in [3.8, 4) is 11.4 Å². The van der Waals surface area contributed by atoms with Gasteiger partial charge in [-0.3, -0.25) is 9.78 Å². The van der Waals surface area contributed by atoms with Crippen molar-refractivity contribution in [3.05, 3.63) is 35.8 Å². The minimum atomic E-state index is 0.0885. The Morgan fingerprint density at radius 1 is 1.31 bits per heavy atom. The van der Waals surface area contributed by atoms with E-state index in [2.05, 4.69) is 24.1 Å². The Kier molecular flexibility index (Phi) is 5.81. The molecule has 6 nitrogen and oxygen atoms in total. The van der Waals surface area contributed by atoms with Gasteiger partial charge in [-0.25, -0.2) is 9.97 Å². The zero-order valence-corrected chi connectivity index (χ0v) is 15.8. The predicted octanol–water partition coefficient (Wildman–Crippen LogP) is 3.43. The van der Waals surface area contributed by atoms with Crippen LogP contribution in [0.1, 0.15) is 51.3 Å². The number of unbranched alkanes of at least 4 members (excludes halogenated alkanes) is 1. The van der Waals surface area contributed by atoms with E-state index in [0.717, 1.165) is 42.0 Å². The van der Waals surface area contributed by atoms with E-state index in [-0.39, 0.29) is 5.91 Å². The number of fused-ring (bicyclic) bond motifs is 1. The standard InChI is InChI=1S/C20H27N5O/c1-4-5-6-14(2)22-20-17-9-12-25(15(3)26)13-18(17)23-19(24-20)16-7-10-21-11-8-16/h7-8,10-11,14H,4-6,9,12-13H2,1-3H3,(H,22,23,24)/t14-/m1/s1. The zero-order valence-electron chi connectivity index (χ0n) is 15.8. The van der Waals surface area contributed by atoms with Crippen LogP contribution in [0.15, 0.2) is 24.5 Å². The minimum absolute atomic E-state index is 0.0885. The molecule has 3 rings (SSSR count). The van der Waals surface area contributed by atoms with E-state index in [1.54, 1.807) is 19.3 Å². The van der Waals surface area contributed by atoms with Gasteiger partial charge in [0.2, 0.25) is 5.91 Å². The lowest BCUT2D eigenvalue weighted by molar-refractivity contribution is -0.129. The van der Waals surface area contributed by atoms with Crippen molar-refractivity contribution in [3.63, 3.8) is 0 Å². The lowest BCUT2D eigenvalue weighted by Gasteiger charge is -2.29. The van der Waals surface area contributed by atoms with Crippen LogP contribution in [0, 0.1) is 0 Å². The average Bonchev–Trinajstić information content (AvgIpc) is 2.66. The topological polar surface area (TPSA) is 71.0 Å². The third kappa shape index (κ3) is 4.18. The van der Waals surface area contributed by atoms with Gasteiger partial charge >= 0.3 is 0 Å². The van der Waals surface area contributed by atoms with E-state index in [0.29, 0.717) is 18.4 Å². The van der Waals surface area contributed by atoms with Crippen molar-refractivity contribution < 1.29 is 4.79 Å². The summed E-state index contributed by atoms with van der Waals surface area (Å²) >= 11 is 0. The molecule has 0 radical (unpaired) electrons. The van der Waals surface area contributed by atoms with Gasteiger partial charge < -0.3 is 10.2 Å². The average molecular weight is 353 g/mol. The fourth-order valence-electron chi connectivity index (χ4n) is 3.26. The normalized spacial score (nSPS) is 14.7. The summed E-state index contributed by atoms with van der Waals surface area (Å²) in [5.41, 5.74) is 3.02. The number of carbonyl (C=O) groups is 1. The lowest BCUT2D eigenvalue weighted by atomic mass is 10.0. The van der Waals surface area contributed by atoms with Crippen molar-refractivity contribution in [2.24, 2.45) is 0 Å². The van der Waals surface area contributed by atoms with Gasteiger partial charge in [0.15, 0.2) is 5.82 Å². The molecule has 0 spiro atoms. The highest BCUT2D eigenvalue weighted by Gasteiger charge is 2.24. The molecule has 1 amide bonds. The van der Waals surface area contributed by atoms with Gasteiger partial charge in [-0.1, -0.05) is 19.8 Å². The number of aromatic nitrogens is 3. The van der Waals surface area contributed by atoms with Gasteiger partial charge in [0, 0.05) is 43.0 Å². The molecule has 1 aliphatic heterocycles. The highest BCUT2D eigenvalue weighted by atomic mass is 16.2. The fourth-order valence-corrected chi connectivity index (χ4v) is 3.26. The van der Waals surface area contributed by atoms with Crippen LogP contribution in [0.2, 0.25) is 0 Å². The molecule has 0 unspecified atom stereocenters. The van der Waals surface area contributed by atoms with E-state index in [9.17, 15) is 4.79 Å². The maximum absolute atomic E-state index is 11.8. The predicted molar refractivity (Wildman–Crippen MR) is 103 cm³/mol. The van der Waals surface area contributed by atoms with Crippen LogP contribution in [-0.4, -0.2) is 38.3 Å². The molecule has 2 aromatic rings. The molecular formula is C20H27N5O. The number of nitrogens with one attached hydrogen (secondary N) is 1. The van der Waals surface area contributed by atoms with Crippen LogP contribution in [0.3, 0.4) is 0 Å². The first-order valence-corrected chi connectivity index (χ1v) is 9.40. The number of rotatable bonds is 6. The summed E-state index contributed by atoms with van der Waals surface area (Å²) in [5, 5.41) is 3.59. The van der Waals surface area contributed by atoms with E-state index >= 15 is 0 Å². The van der Waals surface area contributed by atoms with Crippen LogP contribution in [0.25, 0.3) is 11.4 Å². The van der Waals surface area contributed by atoms with Gasteiger partial charge in [0.05, 0.1) is 12.2 Å². The number of amides is 1. The second-order valence-corrected chi connectivity index (χ2v) is 6.94. The number of hydrogen-bond donors (Lipinski definition) is 1. The summed E-state index contributed by atoms with van der Waals surface area (Å²) in [7, 11) is 0. The Balaban J connectivity index is 1.96. The lowest BCUT2D eigenvalue weighted by Crippen LogP contribution is -2.35. The van der Waals surface area contributed by atoms with Crippen molar-refractivity contribution in [2.45, 2.75) is 59.0 Å². The van der Waals surface area contributed by atoms with Crippen LogP contribution in [0.5, 0.6) is 0 Å². The maximum Gasteiger partial charge on any atom is 0.219 e. The van der Waals surface area contributed by atoms with Gasteiger partial charge in [-0.2, -0.15) is 0 Å². The van der Waals surface area contributed by atoms with E-state index in [1.807, 2.05) is 17.0 Å². The second-order valence-electron chi connectivity index (χ2n) is 6.94. The SMILES string of the molecule is CCCC[C@@H](C)Nc1nc(-c2ccncc2)nc2c1CCN(C(C)=O)C2. The highest BCUT2D eigenvalue weighted by Crippen LogP contribution is 2.28. The Labute approximate surface area is 155 Å². The number of pyridine rings is 1. The summed E-state index contributed by atoms with van der Waals surface area (Å²) in [6, 6.07) is 4.18. The summed E-state index contributed by atoms with van der Waals surface area (Å²) < 4.78 is 0. The molecule has 0 bridgehead atoms. The second kappa shape index (κ2) is 8.25. The molecule has 1 aliphatic rings. The van der Waals surface area contributed by atoms with E-state index in [1.165, 1.54) is 12.8 Å². The molecule has 2 aromatic heterocycles. The van der Waals surface area contributed by atoms with Gasteiger partial charge in [-0.15, -0.1) is 0 Å². The summed E-state index contributed by atoms with van der Waals surface area (Å²) in [6.07, 6.45) is 7.77.